The van der Waals surface area contributed by atoms with Gasteiger partial charge in [0.05, 0.1) is 12.8 Å². The second-order valence-corrected chi connectivity index (χ2v) is 6.21. The van der Waals surface area contributed by atoms with Crippen molar-refractivity contribution in [3.05, 3.63) is 59.0 Å². The summed E-state index contributed by atoms with van der Waals surface area (Å²) in [7, 11) is 1.53. The standard InChI is InChI=1S/C18H15NO5S/c1-23-12-7-8-13-14(9-12)25-16(17(20)21)15(13)19-18(22)24-10-11-5-3-2-4-6-11/h2-9H,10H2,1H3,(H,19,22)(H,20,21). The number of hydrogen-bond acceptors (Lipinski definition) is 5. The van der Waals surface area contributed by atoms with E-state index in [2.05, 4.69) is 5.32 Å². The molecule has 0 aliphatic rings. The highest BCUT2D eigenvalue weighted by Gasteiger charge is 2.20. The number of carbonyl (C=O) groups is 2. The Hall–Kier alpha value is -3.06. The average molecular weight is 357 g/mol. The van der Waals surface area contributed by atoms with Crippen LogP contribution in [0.2, 0.25) is 0 Å². The molecule has 25 heavy (non-hydrogen) atoms. The summed E-state index contributed by atoms with van der Waals surface area (Å²) in [5.74, 6) is -0.498. The fourth-order valence-electron chi connectivity index (χ4n) is 2.34. The first-order valence-electron chi connectivity index (χ1n) is 7.40. The maximum Gasteiger partial charge on any atom is 0.412 e. The molecule has 6 nitrogen and oxygen atoms in total. The van der Waals surface area contributed by atoms with Crippen LogP contribution in [0, 0.1) is 0 Å². The summed E-state index contributed by atoms with van der Waals surface area (Å²) in [6.07, 6.45) is -0.707. The zero-order valence-electron chi connectivity index (χ0n) is 13.3. The van der Waals surface area contributed by atoms with Crippen LogP contribution in [0.5, 0.6) is 5.75 Å². The van der Waals surface area contributed by atoms with Gasteiger partial charge in [-0.3, -0.25) is 5.32 Å². The topological polar surface area (TPSA) is 84.9 Å². The number of rotatable bonds is 5. The molecule has 0 aliphatic heterocycles. The first-order valence-corrected chi connectivity index (χ1v) is 8.21. The minimum Gasteiger partial charge on any atom is -0.497 e. The molecule has 0 saturated carbocycles. The van der Waals surface area contributed by atoms with Crippen LogP contribution in [0.4, 0.5) is 10.5 Å². The van der Waals surface area contributed by atoms with Crippen molar-refractivity contribution in [3.63, 3.8) is 0 Å². The number of hydrogen-bond donors (Lipinski definition) is 2. The Labute approximate surface area is 147 Å². The molecule has 3 aromatic rings. The van der Waals surface area contributed by atoms with E-state index < -0.39 is 12.1 Å². The summed E-state index contributed by atoms with van der Waals surface area (Å²) in [4.78, 5) is 23.6. The van der Waals surface area contributed by atoms with Crippen molar-refractivity contribution in [1.29, 1.82) is 0 Å². The SMILES string of the molecule is COc1ccc2c(NC(=O)OCc3ccccc3)c(C(=O)O)sc2c1. The third-order valence-electron chi connectivity index (χ3n) is 3.53. The Morgan fingerprint density at radius 1 is 1.16 bits per heavy atom. The number of aromatic carboxylic acids is 1. The lowest BCUT2D eigenvalue weighted by Crippen LogP contribution is -2.15. The largest absolute Gasteiger partial charge is 0.497 e. The Morgan fingerprint density at radius 2 is 1.92 bits per heavy atom. The molecular formula is C18H15NO5S. The smallest absolute Gasteiger partial charge is 0.412 e. The van der Waals surface area contributed by atoms with Gasteiger partial charge in [0.1, 0.15) is 17.2 Å². The molecule has 0 saturated heterocycles. The molecule has 0 atom stereocenters. The van der Waals surface area contributed by atoms with E-state index in [4.69, 9.17) is 9.47 Å². The average Bonchev–Trinajstić information content (AvgIpc) is 2.98. The summed E-state index contributed by atoms with van der Waals surface area (Å²) in [5, 5.41) is 12.6. The predicted octanol–water partition coefficient (Wildman–Crippen LogP) is 4.36. The van der Waals surface area contributed by atoms with Gasteiger partial charge in [0.25, 0.3) is 0 Å². The zero-order valence-corrected chi connectivity index (χ0v) is 14.1. The van der Waals surface area contributed by atoms with E-state index in [0.717, 1.165) is 16.9 Å². The zero-order chi connectivity index (χ0) is 17.8. The fourth-order valence-corrected chi connectivity index (χ4v) is 3.37. The van der Waals surface area contributed by atoms with E-state index in [1.165, 1.54) is 7.11 Å². The number of thiophene rings is 1. The monoisotopic (exact) mass is 357 g/mol. The number of carbonyl (C=O) groups excluding carboxylic acids is 1. The number of amides is 1. The first kappa shape index (κ1) is 16.8. The van der Waals surface area contributed by atoms with Crippen molar-refractivity contribution in [2.24, 2.45) is 0 Å². The molecule has 1 heterocycles. The molecule has 1 aromatic heterocycles. The van der Waals surface area contributed by atoms with E-state index in [9.17, 15) is 14.7 Å². The van der Waals surface area contributed by atoms with Crippen molar-refractivity contribution in [3.8, 4) is 5.75 Å². The van der Waals surface area contributed by atoms with Crippen LogP contribution in [0.1, 0.15) is 15.2 Å². The molecule has 1 amide bonds. The second kappa shape index (κ2) is 7.23. The van der Waals surface area contributed by atoms with E-state index >= 15 is 0 Å². The summed E-state index contributed by atoms with van der Waals surface area (Å²) < 4.78 is 11.0. The van der Waals surface area contributed by atoms with Gasteiger partial charge in [0, 0.05) is 10.1 Å². The van der Waals surface area contributed by atoms with Crippen molar-refractivity contribution in [2.75, 3.05) is 12.4 Å². The van der Waals surface area contributed by atoms with Gasteiger partial charge in [0.15, 0.2) is 0 Å². The lowest BCUT2D eigenvalue weighted by Gasteiger charge is -2.07. The maximum atomic E-state index is 12.1. The first-order chi connectivity index (χ1) is 12.1. The summed E-state index contributed by atoms with van der Waals surface area (Å²) in [5.41, 5.74) is 1.07. The Balaban J connectivity index is 1.82. The number of methoxy groups -OCH3 is 1. The van der Waals surface area contributed by atoms with Crippen LogP contribution in [-0.2, 0) is 11.3 Å². The molecular weight excluding hydrogens is 342 g/mol. The molecule has 0 unspecified atom stereocenters. The summed E-state index contributed by atoms with van der Waals surface area (Å²) in [6, 6.07) is 14.4. The summed E-state index contributed by atoms with van der Waals surface area (Å²) in [6.45, 7) is 0.102. The van der Waals surface area contributed by atoms with E-state index in [1.54, 1.807) is 18.2 Å². The molecule has 2 N–H and O–H groups in total. The lowest BCUT2D eigenvalue weighted by atomic mass is 10.2. The molecule has 3 rings (SSSR count). The Morgan fingerprint density at radius 3 is 2.60 bits per heavy atom. The van der Waals surface area contributed by atoms with Crippen LogP contribution < -0.4 is 10.1 Å². The van der Waals surface area contributed by atoms with Gasteiger partial charge >= 0.3 is 12.1 Å². The molecule has 2 aromatic carbocycles. The lowest BCUT2D eigenvalue weighted by molar-refractivity contribution is 0.0703. The third-order valence-corrected chi connectivity index (χ3v) is 4.67. The second-order valence-electron chi connectivity index (χ2n) is 5.16. The van der Waals surface area contributed by atoms with Gasteiger partial charge in [-0.1, -0.05) is 30.3 Å². The predicted molar refractivity (Wildman–Crippen MR) is 95.6 cm³/mol. The number of carboxylic acids is 1. The highest BCUT2D eigenvalue weighted by Crippen LogP contribution is 2.37. The number of carboxylic acid groups (broad SMARTS) is 1. The van der Waals surface area contributed by atoms with E-state index in [-0.39, 0.29) is 17.2 Å². The van der Waals surface area contributed by atoms with Gasteiger partial charge in [-0.05, 0) is 23.8 Å². The van der Waals surface area contributed by atoms with Crippen LogP contribution in [-0.4, -0.2) is 24.3 Å². The van der Waals surface area contributed by atoms with Crippen molar-refractivity contribution < 1.29 is 24.2 Å². The molecule has 0 fully saturated rings. The van der Waals surface area contributed by atoms with Crippen molar-refractivity contribution in [1.82, 2.24) is 0 Å². The van der Waals surface area contributed by atoms with Gasteiger partial charge in [-0.25, -0.2) is 9.59 Å². The van der Waals surface area contributed by atoms with E-state index in [1.807, 2.05) is 30.3 Å². The Kier molecular flexibility index (Phi) is 4.85. The number of ether oxygens (including phenoxy) is 2. The van der Waals surface area contributed by atoms with E-state index in [0.29, 0.717) is 15.8 Å². The maximum absolute atomic E-state index is 12.1. The quantitative estimate of drug-likeness (QED) is 0.709. The van der Waals surface area contributed by atoms with Crippen LogP contribution in [0.25, 0.3) is 10.1 Å². The number of nitrogens with one attached hydrogen (secondary N) is 1. The molecule has 128 valence electrons. The molecule has 0 bridgehead atoms. The van der Waals surface area contributed by atoms with Gasteiger partial charge in [-0.2, -0.15) is 0 Å². The van der Waals surface area contributed by atoms with Crippen LogP contribution in [0.15, 0.2) is 48.5 Å². The number of benzene rings is 2. The van der Waals surface area contributed by atoms with Crippen LogP contribution in [0.3, 0.4) is 0 Å². The highest BCUT2D eigenvalue weighted by molar-refractivity contribution is 7.21. The molecule has 7 heteroatoms. The number of fused-ring (bicyclic) bond motifs is 1. The normalized spacial score (nSPS) is 10.4. The van der Waals surface area contributed by atoms with Gasteiger partial charge < -0.3 is 14.6 Å². The molecule has 0 spiro atoms. The molecule has 0 aliphatic carbocycles. The summed E-state index contributed by atoms with van der Waals surface area (Å²) >= 11 is 1.07. The minimum atomic E-state index is -1.11. The van der Waals surface area contributed by atoms with Crippen molar-refractivity contribution in [2.45, 2.75) is 6.61 Å². The fraction of sp³-hybridized carbons (Fsp3) is 0.111. The van der Waals surface area contributed by atoms with Gasteiger partial charge in [0.2, 0.25) is 0 Å². The number of anilines is 1. The third kappa shape index (κ3) is 3.72. The van der Waals surface area contributed by atoms with Crippen LogP contribution >= 0.6 is 11.3 Å². The van der Waals surface area contributed by atoms with Crippen molar-refractivity contribution >= 4 is 39.2 Å². The molecule has 0 radical (unpaired) electrons. The highest BCUT2D eigenvalue weighted by atomic mass is 32.1. The van der Waals surface area contributed by atoms with Gasteiger partial charge in [-0.15, -0.1) is 11.3 Å². The minimum absolute atomic E-state index is 0.0416. The Bertz CT molecular complexity index is 920.